The number of nitrogens with one attached hydrogen (secondary N) is 2. The molecule has 0 aliphatic carbocycles. The Balaban J connectivity index is 2.12. The van der Waals surface area contributed by atoms with Crippen molar-refractivity contribution in [2.45, 2.75) is 13.8 Å². The number of carbonyl (C=O) groups is 2. The van der Waals surface area contributed by atoms with Crippen LogP contribution in [0.1, 0.15) is 22.8 Å². The van der Waals surface area contributed by atoms with Crippen molar-refractivity contribution in [3.63, 3.8) is 0 Å². The highest BCUT2D eigenvalue weighted by Gasteiger charge is 2.10. The van der Waals surface area contributed by atoms with Crippen molar-refractivity contribution in [1.82, 2.24) is 0 Å². The van der Waals surface area contributed by atoms with Gasteiger partial charge in [0.1, 0.15) is 12.4 Å². The lowest BCUT2D eigenvalue weighted by Gasteiger charge is -2.13. The smallest absolute Gasteiger partial charge is 0.255 e. The first-order valence-corrected chi connectivity index (χ1v) is 7.53. The minimum atomic E-state index is -0.228. The Bertz CT molecular complexity index is 752. The van der Waals surface area contributed by atoms with Gasteiger partial charge in [-0.3, -0.25) is 9.59 Å². The van der Waals surface area contributed by atoms with Crippen LogP contribution in [0.4, 0.5) is 11.4 Å². The zero-order valence-corrected chi connectivity index (χ0v) is 13.8. The number of benzene rings is 2. The number of anilines is 2. The molecule has 5 heteroatoms. The average molecular weight is 324 g/mol. The molecular weight excluding hydrogens is 304 g/mol. The molecular formula is C19H20N2O3. The average Bonchev–Trinajstić information content (AvgIpc) is 2.56. The number of hydrogen-bond acceptors (Lipinski definition) is 3. The predicted octanol–water partition coefficient (Wildman–Crippen LogP) is 3.77. The van der Waals surface area contributed by atoms with Crippen molar-refractivity contribution in [3.8, 4) is 5.75 Å². The standard InChI is InChI=1S/C19H20N2O3/c1-4-12-24-16-10-8-15(9-11-16)19(23)21-18-7-5-6-17(13(18)2)20-14(3)22/h4-11H,1,12H2,2-3H3,(H,20,22)(H,21,23). The minimum Gasteiger partial charge on any atom is -0.490 e. The maximum Gasteiger partial charge on any atom is 0.255 e. The lowest BCUT2D eigenvalue weighted by Crippen LogP contribution is -2.14. The summed E-state index contributed by atoms with van der Waals surface area (Å²) in [6, 6.07) is 12.2. The van der Waals surface area contributed by atoms with E-state index in [0.717, 1.165) is 5.56 Å². The molecule has 2 N–H and O–H groups in total. The SMILES string of the molecule is C=CCOc1ccc(C(=O)Nc2cccc(NC(C)=O)c2C)cc1. The predicted molar refractivity (Wildman–Crippen MR) is 95.6 cm³/mol. The molecule has 0 atom stereocenters. The molecule has 0 aromatic heterocycles. The first-order valence-electron chi connectivity index (χ1n) is 7.53. The van der Waals surface area contributed by atoms with Crippen molar-refractivity contribution in [2.75, 3.05) is 17.2 Å². The Morgan fingerprint density at radius 3 is 2.29 bits per heavy atom. The molecule has 0 aliphatic heterocycles. The third-order valence-electron chi connectivity index (χ3n) is 3.38. The second kappa shape index (κ2) is 7.97. The fourth-order valence-corrected chi connectivity index (χ4v) is 2.15. The molecule has 0 spiro atoms. The highest BCUT2D eigenvalue weighted by Crippen LogP contribution is 2.24. The number of ether oxygens (including phenoxy) is 1. The van der Waals surface area contributed by atoms with Gasteiger partial charge in [0.25, 0.3) is 5.91 Å². The maximum absolute atomic E-state index is 12.4. The van der Waals surface area contributed by atoms with Gasteiger partial charge in [0.15, 0.2) is 0 Å². The fourth-order valence-electron chi connectivity index (χ4n) is 2.15. The lowest BCUT2D eigenvalue weighted by molar-refractivity contribution is -0.114. The summed E-state index contributed by atoms with van der Waals surface area (Å²) < 4.78 is 5.39. The van der Waals surface area contributed by atoms with E-state index >= 15 is 0 Å². The van der Waals surface area contributed by atoms with Gasteiger partial charge in [0, 0.05) is 23.9 Å². The Morgan fingerprint density at radius 2 is 1.71 bits per heavy atom. The van der Waals surface area contributed by atoms with Crippen LogP contribution in [0, 0.1) is 6.92 Å². The molecule has 0 saturated heterocycles. The first-order chi connectivity index (χ1) is 11.5. The number of rotatable bonds is 6. The summed E-state index contributed by atoms with van der Waals surface area (Å²) in [6.45, 7) is 7.29. The van der Waals surface area contributed by atoms with E-state index < -0.39 is 0 Å². The van der Waals surface area contributed by atoms with Crippen LogP contribution in [0.25, 0.3) is 0 Å². The van der Waals surface area contributed by atoms with Gasteiger partial charge in [-0.15, -0.1) is 0 Å². The van der Waals surface area contributed by atoms with E-state index in [-0.39, 0.29) is 11.8 Å². The molecule has 2 amide bonds. The molecule has 0 aliphatic rings. The van der Waals surface area contributed by atoms with Gasteiger partial charge >= 0.3 is 0 Å². The van der Waals surface area contributed by atoms with E-state index in [1.54, 1.807) is 48.5 Å². The largest absolute Gasteiger partial charge is 0.490 e. The van der Waals surface area contributed by atoms with Gasteiger partial charge in [-0.1, -0.05) is 18.7 Å². The summed E-state index contributed by atoms with van der Waals surface area (Å²) in [5, 5.41) is 5.59. The Morgan fingerprint density at radius 1 is 1.08 bits per heavy atom. The molecule has 24 heavy (non-hydrogen) atoms. The number of amides is 2. The van der Waals surface area contributed by atoms with E-state index in [2.05, 4.69) is 17.2 Å². The van der Waals surface area contributed by atoms with Gasteiger partial charge in [-0.2, -0.15) is 0 Å². The molecule has 2 rings (SSSR count). The quantitative estimate of drug-likeness (QED) is 0.795. The topological polar surface area (TPSA) is 67.4 Å². The number of hydrogen-bond donors (Lipinski definition) is 2. The Kier molecular flexibility index (Phi) is 5.73. The van der Waals surface area contributed by atoms with E-state index in [4.69, 9.17) is 4.74 Å². The third kappa shape index (κ3) is 4.46. The summed E-state index contributed by atoms with van der Waals surface area (Å²) in [6.07, 6.45) is 1.66. The van der Waals surface area contributed by atoms with E-state index in [1.165, 1.54) is 6.92 Å². The Labute approximate surface area is 141 Å². The molecule has 2 aromatic rings. The van der Waals surface area contributed by atoms with Crippen molar-refractivity contribution < 1.29 is 14.3 Å². The second-order valence-corrected chi connectivity index (χ2v) is 5.24. The fraction of sp³-hybridized carbons (Fsp3) is 0.158. The molecule has 0 bridgehead atoms. The normalized spacial score (nSPS) is 9.92. The first kappa shape index (κ1) is 17.3. The van der Waals surface area contributed by atoms with Gasteiger partial charge < -0.3 is 15.4 Å². The summed E-state index contributed by atoms with van der Waals surface area (Å²) in [4.78, 5) is 23.6. The van der Waals surface area contributed by atoms with Crippen LogP contribution in [-0.2, 0) is 4.79 Å². The van der Waals surface area contributed by atoms with Crippen molar-refractivity contribution in [3.05, 3.63) is 66.2 Å². The van der Waals surface area contributed by atoms with Gasteiger partial charge in [0.2, 0.25) is 5.91 Å². The van der Waals surface area contributed by atoms with Crippen LogP contribution in [0.3, 0.4) is 0 Å². The molecule has 124 valence electrons. The monoisotopic (exact) mass is 324 g/mol. The van der Waals surface area contributed by atoms with E-state index in [9.17, 15) is 9.59 Å². The van der Waals surface area contributed by atoms with E-state index in [1.807, 2.05) is 6.92 Å². The maximum atomic E-state index is 12.4. The lowest BCUT2D eigenvalue weighted by atomic mass is 10.1. The highest BCUT2D eigenvalue weighted by atomic mass is 16.5. The summed E-state index contributed by atoms with van der Waals surface area (Å²) in [5.74, 6) is 0.292. The van der Waals surface area contributed by atoms with Crippen LogP contribution in [0.2, 0.25) is 0 Å². The number of carbonyl (C=O) groups excluding carboxylic acids is 2. The second-order valence-electron chi connectivity index (χ2n) is 5.24. The van der Waals surface area contributed by atoms with Crippen LogP contribution in [0.15, 0.2) is 55.1 Å². The van der Waals surface area contributed by atoms with Crippen molar-refractivity contribution >= 4 is 23.2 Å². The molecule has 5 nitrogen and oxygen atoms in total. The van der Waals surface area contributed by atoms with E-state index in [0.29, 0.717) is 29.3 Å². The van der Waals surface area contributed by atoms with Gasteiger partial charge in [-0.05, 0) is 48.9 Å². The van der Waals surface area contributed by atoms with Crippen LogP contribution < -0.4 is 15.4 Å². The van der Waals surface area contributed by atoms with Crippen LogP contribution >= 0.6 is 0 Å². The summed E-state index contributed by atoms with van der Waals surface area (Å²) in [5.41, 5.74) is 2.64. The van der Waals surface area contributed by atoms with Crippen molar-refractivity contribution in [1.29, 1.82) is 0 Å². The zero-order chi connectivity index (χ0) is 17.5. The Hall–Kier alpha value is -3.08. The zero-order valence-electron chi connectivity index (χ0n) is 13.8. The summed E-state index contributed by atoms with van der Waals surface area (Å²) in [7, 11) is 0. The minimum absolute atomic E-state index is 0.156. The van der Waals surface area contributed by atoms with Crippen molar-refractivity contribution in [2.24, 2.45) is 0 Å². The molecule has 0 radical (unpaired) electrons. The van der Waals surface area contributed by atoms with Crippen LogP contribution in [-0.4, -0.2) is 18.4 Å². The molecule has 0 unspecified atom stereocenters. The van der Waals surface area contributed by atoms with Gasteiger partial charge in [-0.25, -0.2) is 0 Å². The molecule has 0 fully saturated rings. The van der Waals surface area contributed by atoms with Gasteiger partial charge in [0.05, 0.1) is 0 Å². The molecule has 2 aromatic carbocycles. The highest BCUT2D eigenvalue weighted by molar-refractivity contribution is 6.05. The summed E-state index contributed by atoms with van der Waals surface area (Å²) >= 11 is 0. The molecule has 0 heterocycles. The third-order valence-corrected chi connectivity index (χ3v) is 3.38. The molecule has 0 saturated carbocycles. The van der Waals surface area contributed by atoms with Crippen LogP contribution in [0.5, 0.6) is 5.75 Å².